The number of amides is 3. The summed E-state index contributed by atoms with van der Waals surface area (Å²) < 4.78 is 5.63. The Kier molecular flexibility index (Phi) is 7.64. The Bertz CT molecular complexity index is 702. The van der Waals surface area contributed by atoms with E-state index in [1.165, 1.54) is 5.56 Å². The van der Waals surface area contributed by atoms with Gasteiger partial charge < -0.3 is 10.1 Å². The molecule has 0 radical (unpaired) electrons. The van der Waals surface area contributed by atoms with E-state index in [0.717, 1.165) is 11.3 Å². The molecule has 0 atom stereocenters. The molecule has 2 rings (SSSR count). The van der Waals surface area contributed by atoms with Crippen LogP contribution in [0.4, 0.5) is 4.79 Å². The van der Waals surface area contributed by atoms with Gasteiger partial charge in [0.2, 0.25) is 5.91 Å². The molecular formula is C20H25N3O3. The van der Waals surface area contributed by atoms with Gasteiger partial charge in [-0.05, 0) is 31.7 Å². The van der Waals surface area contributed by atoms with E-state index in [1.54, 1.807) is 11.9 Å². The third-order valence-electron chi connectivity index (χ3n) is 3.73. The maximum atomic E-state index is 11.9. The molecule has 2 aromatic carbocycles. The van der Waals surface area contributed by atoms with Gasteiger partial charge in [-0.1, -0.05) is 48.0 Å². The average molecular weight is 355 g/mol. The number of carbonyl (C=O) groups excluding carboxylic acids is 2. The topological polar surface area (TPSA) is 70.7 Å². The Hall–Kier alpha value is -2.86. The lowest BCUT2D eigenvalue weighted by Gasteiger charge is -2.16. The van der Waals surface area contributed by atoms with Crippen LogP contribution < -0.4 is 15.4 Å². The van der Waals surface area contributed by atoms with Gasteiger partial charge in [0.25, 0.3) is 0 Å². The average Bonchev–Trinajstić information content (AvgIpc) is 2.62. The molecular weight excluding hydrogens is 330 g/mol. The van der Waals surface area contributed by atoms with Crippen LogP contribution in [0, 0.1) is 6.92 Å². The normalized spacial score (nSPS) is 10.4. The third kappa shape index (κ3) is 7.36. The lowest BCUT2D eigenvalue weighted by atomic mass is 10.2. The summed E-state index contributed by atoms with van der Waals surface area (Å²) in [4.78, 5) is 25.4. The van der Waals surface area contributed by atoms with Crippen molar-refractivity contribution in [3.63, 3.8) is 0 Å². The smallest absolute Gasteiger partial charge is 0.321 e. The number of nitrogens with zero attached hydrogens (tertiary/aromatic N) is 1. The molecule has 3 amide bonds. The summed E-state index contributed by atoms with van der Waals surface area (Å²) in [5.41, 5.74) is 2.15. The van der Waals surface area contributed by atoms with Crippen molar-refractivity contribution in [1.29, 1.82) is 0 Å². The van der Waals surface area contributed by atoms with Gasteiger partial charge in [0.05, 0.1) is 6.54 Å². The second-order valence-electron chi connectivity index (χ2n) is 6.12. The minimum atomic E-state index is -0.497. The third-order valence-corrected chi connectivity index (χ3v) is 3.73. The number of carbonyl (C=O) groups is 2. The van der Waals surface area contributed by atoms with E-state index in [2.05, 4.69) is 10.6 Å². The van der Waals surface area contributed by atoms with E-state index in [4.69, 9.17) is 4.74 Å². The Balaban J connectivity index is 1.61. The molecule has 0 aliphatic carbocycles. The van der Waals surface area contributed by atoms with Crippen molar-refractivity contribution in [2.45, 2.75) is 13.5 Å². The summed E-state index contributed by atoms with van der Waals surface area (Å²) in [5.74, 6) is 0.446. The molecule has 2 N–H and O–H groups in total. The summed E-state index contributed by atoms with van der Waals surface area (Å²) in [5, 5.41) is 4.98. The molecule has 0 unspecified atom stereocenters. The molecule has 0 bridgehead atoms. The summed E-state index contributed by atoms with van der Waals surface area (Å²) in [7, 11) is 1.81. The molecule has 6 heteroatoms. The van der Waals surface area contributed by atoms with Crippen LogP contribution in [0.3, 0.4) is 0 Å². The Morgan fingerprint density at radius 2 is 1.73 bits per heavy atom. The number of likely N-dealkylation sites (N-methyl/N-ethyl adjacent to an activating group) is 1. The van der Waals surface area contributed by atoms with Crippen LogP contribution in [0.25, 0.3) is 0 Å². The van der Waals surface area contributed by atoms with Crippen molar-refractivity contribution in [2.75, 3.05) is 26.7 Å². The molecule has 6 nitrogen and oxygen atoms in total. The first-order valence-corrected chi connectivity index (χ1v) is 8.52. The molecule has 138 valence electrons. The molecule has 0 saturated heterocycles. The molecule has 0 aromatic heterocycles. The lowest BCUT2D eigenvalue weighted by Crippen LogP contribution is -2.44. The molecule has 2 aromatic rings. The van der Waals surface area contributed by atoms with Crippen LogP contribution in [0.5, 0.6) is 5.75 Å². The van der Waals surface area contributed by atoms with E-state index in [1.807, 2.05) is 61.5 Å². The van der Waals surface area contributed by atoms with Gasteiger partial charge in [0.1, 0.15) is 12.4 Å². The van der Waals surface area contributed by atoms with Crippen molar-refractivity contribution in [3.8, 4) is 5.75 Å². The maximum Gasteiger partial charge on any atom is 0.321 e. The van der Waals surface area contributed by atoms with Crippen molar-refractivity contribution >= 4 is 11.9 Å². The monoisotopic (exact) mass is 355 g/mol. The second-order valence-corrected chi connectivity index (χ2v) is 6.12. The number of imide groups is 1. The van der Waals surface area contributed by atoms with E-state index >= 15 is 0 Å². The van der Waals surface area contributed by atoms with Crippen molar-refractivity contribution in [3.05, 3.63) is 65.7 Å². The number of rotatable bonds is 8. The minimum absolute atomic E-state index is 0.121. The summed E-state index contributed by atoms with van der Waals surface area (Å²) in [6.07, 6.45) is 0. The lowest BCUT2D eigenvalue weighted by molar-refractivity contribution is -0.120. The largest absolute Gasteiger partial charge is 0.492 e. The molecule has 26 heavy (non-hydrogen) atoms. The first kappa shape index (κ1) is 19.5. The van der Waals surface area contributed by atoms with E-state index in [0.29, 0.717) is 19.7 Å². The van der Waals surface area contributed by atoms with Crippen molar-refractivity contribution < 1.29 is 14.3 Å². The molecule has 0 fully saturated rings. The van der Waals surface area contributed by atoms with Crippen molar-refractivity contribution in [1.82, 2.24) is 15.5 Å². The zero-order chi connectivity index (χ0) is 18.8. The highest BCUT2D eigenvalue weighted by Crippen LogP contribution is 2.10. The van der Waals surface area contributed by atoms with Crippen LogP contribution in [-0.4, -0.2) is 43.6 Å². The Morgan fingerprint density at radius 1 is 1.04 bits per heavy atom. The van der Waals surface area contributed by atoms with Crippen LogP contribution in [-0.2, 0) is 11.3 Å². The molecule has 0 spiro atoms. The summed E-state index contributed by atoms with van der Waals surface area (Å²) >= 11 is 0. The zero-order valence-corrected chi connectivity index (χ0v) is 15.2. The van der Waals surface area contributed by atoms with Crippen LogP contribution in [0.2, 0.25) is 0 Å². The number of benzene rings is 2. The number of aryl methyl sites for hydroxylation is 1. The first-order chi connectivity index (χ1) is 12.5. The predicted molar refractivity (Wildman–Crippen MR) is 101 cm³/mol. The number of hydrogen-bond donors (Lipinski definition) is 2. The fourth-order valence-corrected chi connectivity index (χ4v) is 2.27. The van der Waals surface area contributed by atoms with Gasteiger partial charge in [0.15, 0.2) is 0 Å². The highest BCUT2D eigenvalue weighted by Gasteiger charge is 2.10. The second kappa shape index (κ2) is 10.2. The Labute approximate surface area is 154 Å². The highest BCUT2D eigenvalue weighted by atomic mass is 16.5. The highest BCUT2D eigenvalue weighted by molar-refractivity contribution is 5.95. The van der Waals surface area contributed by atoms with Crippen LogP contribution in [0.1, 0.15) is 11.1 Å². The molecule has 0 saturated carbocycles. The van der Waals surface area contributed by atoms with Crippen molar-refractivity contribution in [2.24, 2.45) is 0 Å². The van der Waals surface area contributed by atoms with Gasteiger partial charge in [0, 0.05) is 13.1 Å². The number of hydrogen-bond acceptors (Lipinski definition) is 4. The molecule has 0 heterocycles. The maximum absolute atomic E-state index is 11.9. The number of urea groups is 1. The number of ether oxygens (including phenoxy) is 1. The minimum Gasteiger partial charge on any atom is -0.492 e. The first-order valence-electron chi connectivity index (χ1n) is 8.52. The number of nitrogens with one attached hydrogen (secondary N) is 2. The van der Waals surface area contributed by atoms with E-state index < -0.39 is 6.03 Å². The van der Waals surface area contributed by atoms with E-state index in [-0.39, 0.29) is 12.5 Å². The van der Waals surface area contributed by atoms with E-state index in [9.17, 15) is 9.59 Å². The standard InChI is InChI=1S/C20H25N3O3/c1-16-8-10-18(11-9-16)26-13-12-23(2)15-19(24)22-20(25)21-14-17-6-4-3-5-7-17/h3-11H,12-15H2,1-2H3,(H2,21,22,24,25). The SMILES string of the molecule is Cc1ccc(OCCN(C)CC(=O)NC(=O)NCc2ccccc2)cc1. The predicted octanol–water partition coefficient (Wildman–Crippen LogP) is 2.33. The summed E-state index contributed by atoms with van der Waals surface area (Å²) in [6.45, 7) is 3.56. The summed E-state index contributed by atoms with van der Waals surface area (Å²) in [6, 6.07) is 16.8. The van der Waals surface area contributed by atoms with Gasteiger partial charge >= 0.3 is 6.03 Å². The van der Waals surface area contributed by atoms with Gasteiger partial charge in [-0.15, -0.1) is 0 Å². The fraction of sp³-hybridized carbons (Fsp3) is 0.300. The van der Waals surface area contributed by atoms with Crippen LogP contribution in [0.15, 0.2) is 54.6 Å². The van der Waals surface area contributed by atoms with Gasteiger partial charge in [-0.25, -0.2) is 4.79 Å². The van der Waals surface area contributed by atoms with Crippen LogP contribution >= 0.6 is 0 Å². The Morgan fingerprint density at radius 3 is 2.42 bits per heavy atom. The fourth-order valence-electron chi connectivity index (χ4n) is 2.27. The van der Waals surface area contributed by atoms with Gasteiger partial charge in [-0.2, -0.15) is 0 Å². The van der Waals surface area contributed by atoms with Gasteiger partial charge in [-0.3, -0.25) is 15.0 Å². The zero-order valence-electron chi connectivity index (χ0n) is 15.2. The quantitative estimate of drug-likeness (QED) is 0.762. The molecule has 0 aliphatic heterocycles. The molecule has 0 aliphatic rings.